The summed E-state index contributed by atoms with van der Waals surface area (Å²) < 4.78 is 6.63. The minimum atomic E-state index is -0.542. The Balaban J connectivity index is 1.80. The van der Waals surface area contributed by atoms with E-state index in [0.29, 0.717) is 6.42 Å². The normalized spacial score (nSPS) is 17.5. The number of hydrogen-bond donors (Lipinski definition) is 1. The quantitative estimate of drug-likeness (QED) is 0.677. The fraction of sp³-hybridized carbons (Fsp3) is 0.700. The summed E-state index contributed by atoms with van der Waals surface area (Å²) in [4.78, 5) is 13.4. The predicted octanol–water partition coefficient (Wildman–Crippen LogP) is -1.02. The van der Waals surface area contributed by atoms with Crippen LogP contribution < -0.4 is 5.73 Å². The minimum Gasteiger partial charge on any atom is -0.468 e. The lowest BCUT2D eigenvalue weighted by atomic mass is 10.2. The monoisotopic (exact) mass is 239 g/mol. The van der Waals surface area contributed by atoms with Crippen LogP contribution in [0.4, 0.5) is 0 Å². The third-order valence-corrected chi connectivity index (χ3v) is 2.98. The van der Waals surface area contributed by atoms with Crippen molar-refractivity contribution in [3.63, 3.8) is 0 Å². The number of methoxy groups -OCH3 is 1. The van der Waals surface area contributed by atoms with Crippen molar-refractivity contribution in [2.75, 3.05) is 20.2 Å². The van der Waals surface area contributed by atoms with E-state index in [2.05, 4.69) is 19.8 Å². The highest BCUT2D eigenvalue weighted by Gasteiger charge is 2.20. The smallest absolute Gasteiger partial charge is 0.322 e. The van der Waals surface area contributed by atoms with E-state index in [1.807, 2.05) is 4.57 Å². The van der Waals surface area contributed by atoms with Crippen molar-refractivity contribution >= 4 is 5.97 Å². The lowest BCUT2D eigenvalue weighted by Crippen LogP contribution is -2.39. The molecule has 0 saturated carbocycles. The van der Waals surface area contributed by atoms with Crippen LogP contribution in [-0.4, -0.2) is 51.9 Å². The molecule has 0 aromatic carbocycles. The molecular weight excluding hydrogens is 222 g/mol. The van der Waals surface area contributed by atoms with Crippen LogP contribution in [-0.2, 0) is 22.6 Å². The number of rotatable bonds is 4. The molecule has 7 heteroatoms. The second-order valence-corrected chi connectivity index (χ2v) is 4.14. The molecule has 1 aliphatic heterocycles. The van der Waals surface area contributed by atoms with E-state index in [4.69, 9.17) is 5.73 Å². The topological polar surface area (TPSA) is 86.3 Å². The molecule has 0 saturated heterocycles. The van der Waals surface area contributed by atoms with Crippen molar-refractivity contribution in [1.29, 1.82) is 0 Å². The van der Waals surface area contributed by atoms with Crippen LogP contribution in [0.3, 0.4) is 0 Å². The maximum atomic E-state index is 11.1. The lowest BCUT2D eigenvalue weighted by molar-refractivity contribution is -0.142. The Morgan fingerprint density at radius 1 is 1.65 bits per heavy atom. The molecule has 7 nitrogen and oxygen atoms in total. The summed E-state index contributed by atoms with van der Waals surface area (Å²) in [7, 11) is 1.35. The van der Waals surface area contributed by atoms with Gasteiger partial charge in [-0.3, -0.25) is 9.69 Å². The lowest BCUT2D eigenvalue weighted by Gasteiger charge is -2.27. The molecule has 2 N–H and O–H groups in total. The Labute approximate surface area is 99.5 Å². The molecule has 1 aromatic rings. The molecule has 0 aliphatic carbocycles. The molecule has 17 heavy (non-hydrogen) atoms. The first-order valence-electron chi connectivity index (χ1n) is 5.63. The molecule has 94 valence electrons. The van der Waals surface area contributed by atoms with Crippen molar-refractivity contribution in [2.24, 2.45) is 5.73 Å². The number of carbonyl (C=O) groups is 1. The van der Waals surface area contributed by atoms with Crippen molar-refractivity contribution in [3.05, 3.63) is 12.2 Å². The van der Waals surface area contributed by atoms with Crippen LogP contribution in [0, 0.1) is 0 Å². The zero-order valence-corrected chi connectivity index (χ0v) is 9.87. The molecule has 0 spiro atoms. The summed E-state index contributed by atoms with van der Waals surface area (Å²) in [5.41, 5.74) is 5.69. The van der Waals surface area contributed by atoms with E-state index < -0.39 is 6.04 Å². The number of esters is 1. The Morgan fingerprint density at radius 2 is 2.47 bits per heavy atom. The number of nitrogens with zero attached hydrogens (tertiary/aromatic N) is 4. The Hall–Kier alpha value is -1.47. The highest BCUT2D eigenvalue weighted by Crippen LogP contribution is 2.09. The molecule has 1 unspecified atom stereocenters. The highest BCUT2D eigenvalue weighted by molar-refractivity contribution is 5.75. The van der Waals surface area contributed by atoms with E-state index in [9.17, 15) is 4.79 Å². The van der Waals surface area contributed by atoms with E-state index in [0.717, 1.165) is 32.0 Å². The first kappa shape index (κ1) is 12.0. The maximum Gasteiger partial charge on any atom is 0.322 e. The van der Waals surface area contributed by atoms with Crippen LogP contribution in [0.25, 0.3) is 0 Å². The van der Waals surface area contributed by atoms with Crippen LogP contribution in [0.15, 0.2) is 6.33 Å². The van der Waals surface area contributed by atoms with Crippen LogP contribution in [0.2, 0.25) is 0 Å². The average molecular weight is 239 g/mol. The second kappa shape index (κ2) is 5.24. The standard InChI is InChI=1S/C10H17N5O2/c1-17-10(16)8(11)2-3-14-4-5-15-7-12-13-9(15)6-14/h7-8H,2-6,11H2,1H3. The largest absolute Gasteiger partial charge is 0.468 e. The van der Waals surface area contributed by atoms with Crippen molar-refractivity contribution in [2.45, 2.75) is 25.6 Å². The molecule has 0 amide bonds. The van der Waals surface area contributed by atoms with Gasteiger partial charge in [0, 0.05) is 19.6 Å². The molecule has 1 aromatic heterocycles. The molecule has 2 rings (SSSR count). The SMILES string of the molecule is COC(=O)C(N)CCN1CCn2cnnc2C1. The summed E-state index contributed by atoms with van der Waals surface area (Å²) in [6.07, 6.45) is 2.34. The number of ether oxygens (including phenoxy) is 1. The summed E-state index contributed by atoms with van der Waals surface area (Å²) in [6.45, 7) is 3.34. The van der Waals surface area contributed by atoms with Crippen LogP contribution in [0.1, 0.15) is 12.2 Å². The summed E-state index contributed by atoms with van der Waals surface area (Å²) >= 11 is 0. The number of aromatic nitrogens is 3. The molecule has 0 fully saturated rings. The summed E-state index contributed by atoms with van der Waals surface area (Å²) in [5, 5.41) is 7.90. The fourth-order valence-corrected chi connectivity index (χ4v) is 1.90. The number of fused-ring (bicyclic) bond motifs is 1. The Morgan fingerprint density at radius 3 is 3.24 bits per heavy atom. The van der Waals surface area contributed by atoms with Gasteiger partial charge in [0.05, 0.1) is 13.7 Å². The van der Waals surface area contributed by atoms with Gasteiger partial charge in [0.15, 0.2) is 0 Å². The van der Waals surface area contributed by atoms with Gasteiger partial charge in [-0.25, -0.2) is 0 Å². The second-order valence-electron chi connectivity index (χ2n) is 4.14. The van der Waals surface area contributed by atoms with Gasteiger partial charge in [0.25, 0.3) is 0 Å². The maximum absolute atomic E-state index is 11.1. The Kier molecular flexibility index (Phi) is 3.70. The third kappa shape index (κ3) is 2.80. The molecule has 1 aliphatic rings. The first-order chi connectivity index (χ1) is 8.20. The van der Waals surface area contributed by atoms with Gasteiger partial charge in [0.1, 0.15) is 18.2 Å². The van der Waals surface area contributed by atoms with Crippen molar-refractivity contribution < 1.29 is 9.53 Å². The molecule has 0 bridgehead atoms. The predicted molar refractivity (Wildman–Crippen MR) is 59.9 cm³/mol. The zero-order valence-electron chi connectivity index (χ0n) is 9.87. The Bertz CT molecular complexity index is 392. The van der Waals surface area contributed by atoms with Gasteiger partial charge >= 0.3 is 5.97 Å². The number of hydrogen-bond acceptors (Lipinski definition) is 6. The van der Waals surface area contributed by atoms with Crippen molar-refractivity contribution in [3.8, 4) is 0 Å². The summed E-state index contributed by atoms with van der Waals surface area (Å²) in [5.74, 6) is 0.605. The van der Waals surface area contributed by atoms with Crippen molar-refractivity contribution in [1.82, 2.24) is 19.7 Å². The van der Waals surface area contributed by atoms with E-state index in [-0.39, 0.29) is 5.97 Å². The average Bonchev–Trinajstić information content (AvgIpc) is 2.82. The third-order valence-electron chi connectivity index (χ3n) is 2.98. The molecule has 0 radical (unpaired) electrons. The van der Waals surface area contributed by atoms with Gasteiger partial charge < -0.3 is 15.0 Å². The van der Waals surface area contributed by atoms with Gasteiger partial charge in [-0.2, -0.15) is 0 Å². The van der Waals surface area contributed by atoms with Crippen LogP contribution >= 0.6 is 0 Å². The minimum absolute atomic E-state index is 0.356. The molecular formula is C10H17N5O2. The van der Waals surface area contributed by atoms with E-state index in [1.54, 1.807) is 6.33 Å². The first-order valence-corrected chi connectivity index (χ1v) is 5.63. The van der Waals surface area contributed by atoms with Gasteiger partial charge in [-0.1, -0.05) is 0 Å². The number of nitrogens with two attached hydrogens (primary N) is 1. The fourth-order valence-electron chi connectivity index (χ4n) is 1.90. The van der Waals surface area contributed by atoms with E-state index >= 15 is 0 Å². The van der Waals surface area contributed by atoms with Gasteiger partial charge in [-0.05, 0) is 6.42 Å². The van der Waals surface area contributed by atoms with Gasteiger partial charge in [0.2, 0.25) is 0 Å². The highest BCUT2D eigenvalue weighted by atomic mass is 16.5. The number of carbonyl (C=O) groups excluding carboxylic acids is 1. The molecule has 1 atom stereocenters. The summed E-state index contributed by atoms with van der Waals surface area (Å²) in [6, 6.07) is -0.542. The van der Waals surface area contributed by atoms with Crippen LogP contribution in [0.5, 0.6) is 0 Å². The molecule has 2 heterocycles. The van der Waals surface area contributed by atoms with E-state index in [1.165, 1.54) is 7.11 Å². The van der Waals surface area contributed by atoms with Gasteiger partial charge in [-0.15, -0.1) is 10.2 Å². The zero-order chi connectivity index (χ0) is 12.3.